The first-order chi connectivity index (χ1) is 8.58. The van der Waals surface area contributed by atoms with Gasteiger partial charge >= 0.3 is 5.97 Å². The maximum atomic E-state index is 10.6. The Hall–Kier alpha value is -1.81. The summed E-state index contributed by atoms with van der Waals surface area (Å²) in [5.74, 6) is -0.182. The summed E-state index contributed by atoms with van der Waals surface area (Å²) in [4.78, 5) is 10.6. The molecule has 1 aromatic heterocycles. The number of aromatic nitrogens is 1. The largest absolute Gasteiger partial charge is 0.481 e. The summed E-state index contributed by atoms with van der Waals surface area (Å²) in [6.07, 6.45) is 0.464. The van der Waals surface area contributed by atoms with E-state index in [4.69, 9.17) is 21.2 Å². The highest BCUT2D eigenvalue weighted by atomic mass is 35.5. The van der Waals surface area contributed by atoms with Crippen molar-refractivity contribution in [2.24, 2.45) is 0 Å². The number of carboxylic acids is 1. The Morgan fingerprint density at radius 3 is 2.67 bits per heavy atom. The van der Waals surface area contributed by atoms with Gasteiger partial charge in [-0.1, -0.05) is 28.9 Å². The Balaban J connectivity index is 2.33. The van der Waals surface area contributed by atoms with Gasteiger partial charge in [-0.25, -0.2) is 0 Å². The molecule has 0 aliphatic carbocycles. The van der Waals surface area contributed by atoms with E-state index < -0.39 is 5.97 Å². The fourth-order valence-corrected chi connectivity index (χ4v) is 1.88. The monoisotopic (exact) mass is 265 g/mol. The number of carbonyl (C=O) groups is 1. The van der Waals surface area contributed by atoms with Crippen LogP contribution >= 0.6 is 11.6 Å². The molecule has 0 fully saturated rings. The predicted octanol–water partition coefficient (Wildman–Crippen LogP) is 3.32. The third kappa shape index (κ3) is 2.71. The summed E-state index contributed by atoms with van der Waals surface area (Å²) < 4.78 is 5.14. The topological polar surface area (TPSA) is 63.3 Å². The van der Waals surface area contributed by atoms with Gasteiger partial charge in [0.15, 0.2) is 0 Å². The second-order valence-corrected chi connectivity index (χ2v) is 4.40. The lowest BCUT2D eigenvalue weighted by Crippen LogP contribution is -1.99. The quantitative estimate of drug-likeness (QED) is 0.921. The second-order valence-electron chi connectivity index (χ2n) is 3.97. The SMILES string of the molecule is Cc1onc(-c2ccc(Cl)cc2)c1CCC(=O)O. The normalized spacial score (nSPS) is 10.6. The average Bonchev–Trinajstić information content (AvgIpc) is 2.69. The molecule has 0 saturated carbocycles. The Bertz CT molecular complexity index is 560. The molecule has 0 radical (unpaired) electrons. The van der Waals surface area contributed by atoms with Crippen molar-refractivity contribution < 1.29 is 14.4 Å². The van der Waals surface area contributed by atoms with E-state index in [0.717, 1.165) is 11.1 Å². The van der Waals surface area contributed by atoms with Crippen molar-refractivity contribution >= 4 is 17.6 Å². The van der Waals surface area contributed by atoms with Gasteiger partial charge in [-0.15, -0.1) is 0 Å². The standard InChI is InChI=1S/C13H12ClNO3/c1-8-11(6-7-12(16)17)13(15-18-8)9-2-4-10(14)5-3-9/h2-5H,6-7H2,1H3,(H,16,17). The number of carboxylic acid groups (broad SMARTS) is 1. The van der Waals surface area contributed by atoms with Crippen LogP contribution in [0.4, 0.5) is 0 Å². The van der Waals surface area contributed by atoms with Crippen molar-refractivity contribution in [3.63, 3.8) is 0 Å². The molecule has 0 bridgehead atoms. The maximum absolute atomic E-state index is 10.6. The molecule has 0 unspecified atom stereocenters. The summed E-state index contributed by atoms with van der Waals surface area (Å²) >= 11 is 5.83. The van der Waals surface area contributed by atoms with Gasteiger partial charge in [-0.2, -0.15) is 0 Å². The van der Waals surface area contributed by atoms with Crippen molar-refractivity contribution in [1.29, 1.82) is 0 Å². The summed E-state index contributed by atoms with van der Waals surface area (Å²) in [6.45, 7) is 1.78. The second kappa shape index (κ2) is 5.23. The molecule has 18 heavy (non-hydrogen) atoms. The molecule has 0 amide bonds. The maximum Gasteiger partial charge on any atom is 0.303 e. The van der Waals surface area contributed by atoms with E-state index in [1.165, 1.54) is 0 Å². The van der Waals surface area contributed by atoms with Crippen LogP contribution in [0.2, 0.25) is 5.02 Å². The van der Waals surface area contributed by atoms with Crippen molar-refractivity contribution in [2.75, 3.05) is 0 Å². The van der Waals surface area contributed by atoms with E-state index in [0.29, 0.717) is 22.9 Å². The van der Waals surface area contributed by atoms with Gasteiger partial charge in [0.2, 0.25) is 0 Å². The fourth-order valence-electron chi connectivity index (χ4n) is 1.75. The highest BCUT2D eigenvalue weighted by molar-refractivity contribution is 6.30. The van der Waals surface area contributed by atoms with Gasteiger partial charge in [0.1, 0.15) is 11.5 Å². The van der Waals surface area contributed by atoms with Crippen LogP contribution in [0.1, 0.15) is 17.7 Å². The molecular formula is C13H12ClNO3. The highest BCUT2D eigenvalue weighted by Gasteiger charge is 2.15. The molecule has 1 aromatic carbocycles. The Labute approximate surface area is 109 Å². The van der Waals surface area contributed by atoms with Crippen LogP contribution in [-0.4, -0.2) is 16.2 Å². The highest BCUT2D eigenvalue weighted by Crippen LogP contribution is 2.27. The number of benzene rings is 1. The predicted molar refractivity (Wildman–Crippen MR) is 67.6 cm³/mol. The molecule has 0 saturated heterocycles. The van der Waals surface area contributed by atoms with Gasteiger partial charge in [0, 0.05) is 22.6 Å². The lowest BCUT2D eigenvalue weighted by atomic mass is 10.0. The van der Waals surface area contributed by atoms with Crippen LogP contribution in [0.5, 0.6) is 0 Å². The number of hydrogen-bond donors (Lipinski definition) is 1. The molecule has 5 heteroatoms. The summed E-state index contributed by atoms with van der Waals surface area (Å²) in [7, 11) is 0. The zero-order chi connectivity index (χ0) is 13.1. The number of halogens is 1. The molecule has 1 heterocycles. The average molecular weight is 266 g/mol. The molecule has 1 N–H and O–H groups in total. The van der Waals surface area contributed by atoms with Crippen molar-refractivity contribution in [3.05, 3.63) is 40.6 Å². The molecule has 0 atom stereocenters. The van der Waals surface area contributed by atoms with Gasteiger partial charge in [-0.05, 0) is 25.5 Å². The molecule has 4 nitrogen and oxygen atoms in total. The number of aliphatic carboxylic acids is 1. The van der Waals surface area contributed by atoms with E-state index in [1.54, 1.807) is 19.1 Å². The molecule has 2 rings (SSSR count). The van der Waals surface area contributed by atoms with E-state index in [1.807, 2.05) is 12.1 Å². The van der Waals surface area contributed by atoms with E-state index in [2.05, 4.69) is 5.16 Å². The Morgan fingerprint density at radius 2 is 2.06 bits per heavy atom. The molecule has 0 aliphatic heterocycles. The van der Waals surface area contributed by atoms with Crippen LogP contribution in [0.25, 0.3) is 11.3 Å². The first kappa shape index (κ1) is 12.6. The van der Waals surface area contributed by atoms with Gasteiger partial charge in [0.25, 0.3) is 0 Å². The van der Waals surface area contributed by atoms with Crippen LogP contribution < -0.4 is 0 Å². The lowest BCUT2D eigenvalue weighted by molar-refractivity contribution is -0.136. The third-order valence-electron chi connectivity index (χ3n) is 2.69. The first-order valence-corrected chi connectivity index (χ1v) is 5.88. The number of nitrogens with zero attached hydrogens (tertiary/aromatic N) is 1. The fraction of sp³-hybridized carbons (Fsp3) is 0.231. The van der Waals surface area contributed by atoms with E-state index in [-0.39, 0.29) is 6.42 Å². The molecule has 0 aliphatic rings. The number of hydrogen-bond acceptors (Lipinski definition) is 3. The summed E-state index contributed by atoms with van der Waals surface area (Å²) in [6, 6.07) is 7.21. The number of aryl methyl sites for hydroxylation is 1. The van der Waals surface area contributed by atoms with Gasteiger partial charge in [-0.3, -0.25) is 4.79 Å². The van der Waals surface area contributed by atoms with Crippen LogP contribution in [-0.2, 0) is 11.2 Å². The minimum absolute atomic E-state index is 0.0582. The molecule has 94 valence electrons. The van der Waals surface area contributed by atoms with Gasteiger partial charge < -0.3 is 9.63 Å². The van der Waals surface area contributed by atoms with Crippen molar-refractivity contribution in [3.8, 4) is 11.3 Å². The number of rotatable bonds is 4. The first-order valence-electron chi connectivity index (χ1n) is 5.51. The Kier molecular flexibility index (Phi) is 3.67. The van der Waals surface area contributed by atoms with Crippen LogP contribution in [0, 0.1) is 6.92 Å². The van der Waals surface area contributed by atoms with Crippen LogP contribution in [0.15, 0.2) is 28.8 Å². The smallest absolute Gasteiger partial charge is 0.303 e. The lowest BCUT2D eigenvalue weighted by Gasteiger charge is -2.01. The zero-order valence-corrected chi connectivity index (χ0v) is 10.6. The van der Waals surface area contributed by atoms with Crippen LogP contribution in [0.3, 0.4) is 0 Å². The zero-order valence-electron chi connectivity index (χ0n) is 9.81. The minimum Gasteiger partial charge on any atom is -0.481 e. The Morgan fingerprint density at radius 1 is 1.39 bits per heavy atom. The van der Waals surface area contributed by atoms with E-state index >= 15 is 0 Å². The summed E-state index contributed by atoms with van der Waals surface area (Å²) in [5.41, 5.74) is 2.39. The van der Waals surface area contributed by atoms with Crippen molar-refractivity contribution in [2.45, 2.75) is 19.8 Å². The van der Waals surface area contributed by atoms with Crippen molar-refractivity contribution in [1.82, 2.24) is 5.16 Å². The van der Waals surface area contributed by atoms with E-state index in [9.17, 15) is 4.79 Å². The minimum atomic E-state index is -0.836. The molecular weight excluding hydrogens is 254 g/mol. The van der Waals surface area contributed by atoms with Gasteiger partial charge in [0.05, 0.1) is 0 Å². The third-order valence-corrected chi connectivity index (χ3v) is 2.94. The molecule has 0 spiro atoms. The summed E-state index contributed by atoms with van der Waals surface area (Å²) in [5, 5.41) is 13.4. The molecule has 2 aromatic rings.